The molecule has 1 aliphatic heterocycles. The Kier molecular flexibility index (Phi) is 2.72. The maximum atomic E-state index is 9.36. The minimum atomic E-state index is 0.420. The van der Waals surface area contributed by atoms with E-state index in [0.717, 1.165) is 35.0 Å². The van der Waals surface area contributed by atoms with Crippen LogP contribution in [0, 0.1) is 17.2 Å². The van der Waals surface area contributed by atoms with Gasteiger partial charge in [-0.25, -0.2) is 4.98 Å². The monoisotopic (exact) mass is 279 g/mol. The number of pyridine rings is 1. The molecule has 0 saturated carbocycles. The summed E-state index contributed by atoms with van der Waals surface area (Å²) in [4.78, 5) is 7.52. The molecule has 3 aromatic rings. The van der Waals surface area contributed by atoms with Crippen LogP contribution in [0.1, 0.15) is 24.9 Å². The maximum Gasteiger partial charge on any atom is 0.140 e. The van der Waals surface area contributed by atoms with Crippen molar-refractivity contribution in [3.05, 3.63) is 30.2 Å². The van der Waals surface area contributed by atoms with Gasteiger partial charge in [0.2, 0.25) is 0 Å². The highest BCUT2D eigenvalue weighted by molar-refractivity contribution is 6.05. The fourth-order valence-corrected chi connectivity index (χ4v) is 3.44. The highest BCUT2D eigenvalue weighted by atomic mass is 15.1. The molecule has 106 valence electrons. The lowest BCUT2D eigenvalue weighted by molar-refractivity contribution is 0.280. The molecule has 5 nitrogen and oxygen atoms in total. The summed E-state index contributed by atoms with van der Waals surface area (Å²) in [5, 5.41) is 14.9. The number of rotatable bonds is 1. The lowest BCUT2D eigenvalue weighted by Crippen LogP contribution is -2.36. The van der Waals surface area contributed by atoms with Crippen molar-refractivity contribution < 1.29 is 0 Å². The Morgan fingerprint density at radius 1 is 1.48 bits per heavy atom. The third kappa shape index (κ3) is 1.76. The number of nitrogens with one attached hydrogen (secondary N) is 2. The molecule has 3 aromatic heterocycles. The van der Waals surface area contributed by atoms with Gasteiger partial charge in [0.1, 0.15) is 11.7 Å². The van der Waals surface area contributed by atoms with Crippen molar-refractivity contribution >= 4 is 21.9 Å². The second-order valence-corrected chi connectivity index (χ2v) is 5.86. The number of hydrogen-bond acceptors (Lipinski definition) is 3. The van der Waals surface area contributed by atoms with Gasteiger partial charge in [-0.2, -0.15) is 5.26 Å². The molecule has 1 saturated heterocycles. The van der Waals surface area contributed by atoms with Gasteiger partial charge in [0.25, 0.3) is 0 Å². The molecule has 0 spiro atoms. The standard InChI is InChI=1S/C16H17N5/c1-10-2-4-18-9-13(10)21-5-3-11-7-19-16-14(15(11)21)12(6-17)8-20-16/h3,5,7-8,10,13,18H,2,4,9H2,1H3,(H,19,20)/t10-,13+/m1/s1. The molecular formula is C16H17N5. The number of aromatic amines is 1. The van der Waals surface area contributed by atoms with Crippen LogP contribution >= 0.6 is 0 Å². The van der Waals surface area contributed by atoms with Crippen LogP contribution in [0.2, 0.25) is 0 Å². The number of nitriles is 1. The molecule has 1 fully saturated rings. The van der Waals surface area contributed by atoms with Crippen molar-refractivity contribution in [3.63, 3.8) is 0 Å². The van der Waals surface area contributed by atoms with Crippen LogP contribution in [-0.2, 0) is 0 Å². The number of aromatic nitrogens is 3. The number of H-pyrrole nitrogens is 1. The van der Waals surface area contributed by atoms with E-state index in [4.69, 9.17) is 0 Å². The van der Waals surface area contributed by atoms with Gasteiger partial charge >= 0.3 is 0 Å². The van der Waals surface area contributed by atoms with E-state index in [1.807, 2.05) is 6.20 Å². The first-order valence-corrected chi connectivity index (χ1v) is 7.37. The van der Waals surface area contributed by atoms with Gasteiger partial charge in [-0.15, -0.1) is 0 Å². The smallest absolute Gasteiger partial charge is 0.140 e. The Morgan fingerprint density at radius 2 is 2.38 bits per heavy atom. The van der Waals surface area contributed by atoms with Gasteiger partial charge in [-0.1, -0.05) is 6.92 Å². The molecule has 1 aliphatic rings. The highest BCUT2D eigenvalue weighted by Gasteiger charge is 2.25. The maximum absolute atomic E-state index is 9.36. The van der Waals surface area contributed by atoms with Gasteiger partial charge < -0.3 is 14.9 Å². The van der Waals surface area contributed by atoms with E-state index >= 15 is 0 Å². The van der Waals surface area contributed by atoms with Crippen LogP contribution in [0.3, 0.4) is 0 Å². The molecule has 21 heavy (non-hydrogen) atoms. The Balaban J connectivity index is 2.01. The summed E-state index contributed by atoms with van der Waals surface area (Å²) >= 11 is 0. The zero-order valence-corrected chi connectivity index (χ0v) is 11.9. The van der Waals surface area contributed by atoms with E-state index in [1.54, 1.807) is 6.20 Å². The Bertz CT molecular complexity index is 851. The highest BCUT2D eigenvalue weighted by Crippen LogP contribution is 2.33. The fraction of sp³-hybridized carbons (Fsp3) is 0.375. The second kappa shape index (κ2) is 4.61. The molecule has 5 heteroatoms. The predicted octanol–water partition coefficient (Wildman–Crippen LogP) is 2.56. The summed E-state index contributed by atoms with van der Waals surface area (Å²) in [6.07, 6.45) is 6.94. The summed E-state index contributed by atoms with van der Waals surface area (Å²) in [5.41, 5.74) is 2.58. The first-order valence-electron chi connectivity index (χ1n) is 7.37. The third-order valence-corrected chi connectivity index (χ3v) is 4.64. The minimum Gasteiger partial charge on any atom is -0.345 e. The zero-order chi connectivity index (χ0) is 14.4. The van der Waals surface area contributed by atoms with Crippen LogP contribution in [0.25, 0.3) is 21.9 Å². The van der Waals surface area contributed by atoms with Gasteiger partial charge in [-0.3, -0.25) is 0 Å². The first-order chi connectivity index (χ1) is 10.3. The molecule has 0 radical (unpaired) electrons. The Morgan fingerprint density at radius 3 is 3.19 bits per heavy atom. The summed E-state index contributed by atoms with van der Waals surface area (Å²) in [5.74, 6) is 0.620. The van der Waals surface area contributed by atoms with Crippen molar-refractivity contribution in [1.82, 2.24) is 19.9 Å². The van der Waals surface area contributed by atoms with Crippen molar-refractivity contribution in [3.8, 4) is 6.07 Å². The van der Waals surface area contributed by atoms with Gasteiger partial charge in [0, 0.05) is 36.6 Å². The van der Waals surface area contributed by atoms with Crippen molar-refractivity contribution in [2.45, 2.75) is 19.4 Å². The van der Waals surface area contributed by atoms with E-state index in [9.17, 15) is 5.26 Å². The van der Waals surface area contributed by atoms with Crippen LogP contribution in [0.4, 0.5) is 0 Å². The van der Waals surface area contributed by atoms with Gasteiger partial charge in [-0.05, 0) is 24.9 Å². The first kappa shape index (κ1) is 12.4. The average Bonchev–Trinajstić information content (AvgIpc) is 3.10. The fourth-order valence-electron chi connectivity index (χ4n) is 3.44. The summed E-state index contributed by atoms with van der Waals surface area (Å²) in [7, 11) is 0. The van der Waals surface area contributed by atoms with Crippen molar-refractivity contribution in [2.75, 3.05) is 13.1 Å². The molecule has 2 N–H and O–H groups in total. The normalized spacial score (nSPS) is 22.7. The third-order valence-electron chi connectivity index (χ3n) is 4.64. The molecule has 0 amide bonds. The molecule has 0 bridgehead atoms. The van der Waals surface area contributed by atoms with Gasteiger partial charge in [0.05, 0.1) is 16.5 Å². The molecule has 0 aliphatic carbocycles. The molecule has 0 aromatic carbocycles. The quantitative estimate of drug-likeness (QED) is 0.719. The number of fused-ring (bicyclic) bond motifs is 3. The largest absolute Gasteiger partial charge is 0.345 e. The van der Waals surface area contributed by atoms with Crippen LogP contribution in [0.15, 0.2) is 24.7 Å². The van der Waals surface area contributed by atoms with Crippen molar-refractivity contribution in [2.24, 2.45) is 5.92 Å². The van der Waals surface area contributed by atoms with Crippen LogP contribution in [0.5, 0.6) is 0 Å². The molecule has 2 atom stereocenters. The number of hydrogen-bond donors (Lipinski definition) is 2. The molecular weight excluding hydrogens is 262 g/mol. The predicted molar refractivity (Wildman–Crippen MR) is 82.0 cm³/mol. The molecule has 0 unspecified atom stereocenters. The van der Waals surface area contributed by atoms with Gasteiger partial charge in [0.15, 0.2) is 0 Å². The SMILES string of the molecule is C[C@@H]1CCNC[C@@H]1n1ccc2cnc3[nH]cc(C#N)c3c21. The van der Waals surface area contributed by atoms with Crippen LogP contribution in [-0.4, -0.2) is 27.6 Å². The summed E-state index contributed by atoms with van der Waals surface area (Å²) in [6, 6.07) is 4.79. The number of nitrogens with zero attached hydrogens (tertiary/aromatic N) is 3. The average molecular weight is 279 g/mol. The number of piperidine rings is 1. The van der Waals surface area contributed by atoms with E-state index in [0.29, 0.717) is 17.5 Å². The lowest BCUT2D eigenvalue weighted by Gasteiger charge is -2.31. The summed E-state index contributed by atoms with van der Waals surface area (Å²) < 4.78 is 2.32. The second-order valence-electron chi connectivity index (χ2n) is 5.86. The molecule has 4 rings (SSSR count). The van der Waals surface area contributed by atoms with E-state index < -0.39 is 0 Å². The summed E-state index contributed by atoms with van der Waals surface area (Å²) in [6.45, 7) is 4.36. The Hall–Kier alpha value is -2.32. The van der Waals surface area contributed by atoms with Crippen LogP contribution < -0.4 is 5.32 Å². The zero-order valence-electron chi connectivity index (χ0n) is 11.9. The van der Waals surface area contributed by atoms with E-state index in [1.165, 1.54) is 6.42 Å². The van der Waals surface area contributed by atoms with E-state index in [-0.39, 0.29) is 0 Å². The topological polar surface area (TPSA) is 69.4 Å². The van der Waals surface area contributed by atoms with E-state index in [2.05, 4.69) is 45.1 Å². The molecule has 4 heterocycles. The van der Waals surface area contributed by atoms with Crippen molar-refractivity contribution in [1.29, 1.82) is 5.26 Å². The minimum absolute atomic E-state index is 0.420. The lowest BCUT2D eigenvalue weighted by atomic mass is 9.94. The Labute approximate surface area is 122 Å².